The van der Waals surface area contributed by atoms with Crippen molar-refractivity contribution in [2.75, 3.05) is 51.8 Å². The predicted octanol–water partition coefficient (Wildman–Crippen LogP) is 5.67. The van der Waals surface area contributed by atoms with Gasteiger partial charge in [-0.3, -0.25) is 24.6 Å². The van der Waals surface area contributed by atoms with Crippen LogP contribution in [0.1, 0.15) is 75.7 Å². The molecule has 3 amide bonds. The van der Waals surface area contributed by atoms with Crippen molar-refractivity contribution in [1.82, 2.24) is 15.1 Å². The van der Waals surface area contributed by atoms with E-state index in [1.807, 2.05) is 30.3 Å². The molecule has 55 heavy (non-hydrogen) atoms. The highest BCUT2D eigenvalue weighted by Crippen LogP contribution is 2.47. The van der Waals surface area contributed by atoms with E-state index in [9.17, 15) is 19.5 Å². The second-order valence-electron chi connectivity index (χ2n) is 15.2. The van der Waals surface area contributed by atoms with Gasteiger partial charge in [-0.1, -0.05) is 42.2 Å². The van der Waals surface area contributed by atoms with E-state index < -0.39 is 11.9 Å². The summed E-state index contributed by atoms with van der Waals surface area (Å²) in [6.07, 6.45) is 2.80. The molecule has 8 rings (SSSR count). The lowest BCUT2D eigenvalue weighted by atomic mass is 9.76. The van der Waals surface area contributed by atoms with Gasteiger partial charge in [0.1, 0.15) is 23.3 Å². The number of anilines is 1. The Morgan fingerprint density at radius 2 is 1.76 bits per heavy atom. The lowest BCUT2D eigenvalue weighted by Crippen LogP contribution is -2.52. The molecule has 2 saturated heterocycles. The Balaban J connectivity index is 0.856. The summed E-state index contributed by atoms with van der Waals surface area (Å²) in [4.78, 5) is 43.3. The van der Waals surface area contributed by atoms with Crippen molar-refractivity contribution < 1.29 is 29.0 Å². The first-order valence-electron chi connectivity index (χ1n) is 19.1. The number of piperidine rings is 2. The number of imide groups is 1. The number of rotatable bonds is 8. The predicted molar refractivity (Wildman–Crippen MR) is 209 cm³/mol. The molecule has 10 heteroatoms. The summed E-state index contributed by atoms with van der Waals surface area (Å²) >= 11 is 0. The SMILES string of the molecule is COc1cccc(C2COc3cc(O)ccc3[C@H]2c2ccc(N3CCC(CN(C)CC#Cc4ccc5c(c4)CN(C4CCC(=O)NC4=O)C5=O)CC3)cc2)c1. The molecule has 4 aliphatic rings. The number of phenols is 1. The molecular weight excluding hydrogens is 693 g/mol. The van der Waals surface area contributed by atoms with Crippen LogP contribution in [0.25, 0.3) is 0 Å². The van der Waals surface area contributed by atoms with Crippen LogP contribution < -0.4 is 19.7 Å². The standard InChI is InChI=1S/C45H46N4O6/c1-47(20-4-5-29-8-14-37-33(23-29)27-49(45(37)53)40-16-17-42(51)46-44(40)52)26-30-18-21-48(22-19-30)34-11-9-31(10-12-34)43-38-15-13-35(50)25-41(38)55-28-39(43)32-6-3-7-36(24-32)54-2/h3,6-15,23-25,30,39-40,43,50H,16-22,26-28H2,1-2H3,(H,46,51,52)/t39?,40?,43-/m1/s1. The number of benzene rings is 4. The number of aromatic hydroxyl groups is 1. The van der Waals surface area contributed by atoms with E-state index in [1.54, 1.807) is 30.2 Å². The van der Waals surface area contributed by atoms with Gasteiger partial charge in [0.2, 0.25) is 11.8 Å². The molecule has 2 N–H and O–H groups in total. The topological polar surface area (TPSA) is 112 Å². The Morgan fingerprint density at radius 3 is 2.55 bits per heavy atom. The third kappa shape index (κ3) is 7.62. The van der Waals surface area contributed by atoms with Crippen molar-refractivity contribution in [1.29, 1.82) is 0 Å². The zero-order chi connectivity index (χ0) is 38.1. The third-order valence-corrected chi connectivity index (χ3v) is 11.6. The summed E-state index contributed by atoms with van der Waals surface area (Å²) < 4.78 is 11.7. The number of hydrogen-bond acceptors (Lipinski definition) is 8. The molecule has 4 aromatic rings. The molecule has 0 saturated carbocycles. The highest BCUT2D eigenvalue weighted by atomic mass is 16.5. The van der Waals surface area contributed by atoms with Crippen LogP contribution in [0, 0.1) is 17.8 Å². The quantitative estimate of drug-likeness (QED) is 0.176. The molecule has 4 heterocycles. The largest absolute Gasteiger partial charge is 0.508 e. The van der Waals surface area contributed by atoms with Gasteiger partial charge < -0.3 is 24.4 Å². The fourth-order valence-electron chi connectivity index (χ4n) is 8.67. The number of amides is 3. The summed E-state index contributed by atoms with van der Waals surface area (Å²) in [5.41, 5.74) is 6.98. The first-order chi connectivity index (χ1) is 26.7. The summed E-state index contributed by atoms with van der Waals surface area (Å²) in [5, 5.41) is 12.5. The lowest BCUT2D eigenvalue weighted by molar-refractivity contribution is -0.136. The number of hydrogen-bond donors (Lipinski definition) is 2. The number of ether oxygens (including phenoxy) is 2. The van der Waals surface area contributed by atoms with E-state index in [2.05, 4.69) is 70.4 Å². The Bertz CT molecular complexity index is 2170. The molecule has 0 bridgehead atoms. The molecule has 282 valence electrons. The number of carbonyl (C=O) groups excluding carboxylic acids is 3. The molecule has 3 atom stereocenters. The van der Waals surface area contributed by atoms with Crippen molar-refractivity contribution in [3.8, 4) is 29.1 Å². The monoisotopic (exact) mass is 738 g/mol. The summed E-state index contributed by atoms with van der Waals surface area (Å²) in [6, 6.07) is 27.6. The molecule has 2 unspecified atom stereocenters. The molecular formula is C45H46N4O6. The number of nitrogens with zero attached hydrogens (tertiary/aromatic N) is 3. The number of carbonyl (C=O) groups is 3. The fraction of sp³-hybridized carbons (Fsp3) is 0.356. The Morgan fingerprint density at radius 1 is 0.945 bits per heavy atom. The van der Waals surface area contributed by atoms with Crippen LogP contribution in [0.15, 0.2) is 84.9 Å². The third-order valence-electron chi connectivity index (χ3n) is 11.6. The molecule has 4 aliphatic heterocycles. The molecule has 0 aliphatic carbocycles. The first kappa shape index (κ1) is 36.2. The Hall–Kier alpha value is -5.79. The smallest absolute Gasteiger partial charge is 0.255 e. The fourth-order valence-corrected chi connectivity index (χ4v) is 8.67. The normalized spacial score (nSPS) is 21.0. The van der Waals surface area contributed by atoms with Crippen LogP contribution in [0.5, 0.6) is 17.2 Å². The van der Waals surface area contributed by atoms with Crippen molar-refractivity contribution in [3.63, 3.8) is 0 Å². The van der Waals surface area contributed by atoms with Gasteiger partial charge in [-0.15, -0.1) is 0 Å². The van der Waals surface area contributed by atoms with Crippen molar-refractivity contribution >= 4 is 23.4 Å². The zero-order valence-corrected chi connectivity index (χ0v) is 31.3. The summed E-state index contributed by atoms with van der Waals surface area (Å²) in [6.45, 7) is 4.47. The molecule has 0 radical (unpaired) electrons. The zero-order valence-electron chi connectivity index (χ0n) is 31.3. The van der Waals surface area contributed by atoms with Crippen molar-refractivity contribution in [2.24, 2.45) is 5.92 Å². The highest BCUT2D eigenvalue weighted by Gasteiger charge is 2.39. The van der Waals surface area contributed by atoms with E-state index >= 15 is 0 Å². The maximum absolute atomic E-state index is 13.0. The van der Waals surface area contributed by atoms with Crippen LogP contribution in [0.3, 0.4) is 0 Å². The number of fused-ring (bicyclic) bond motifs is 2. The van der Waals surface area contributed by atoms with E-state index in [0.29, 0.717) is 37.6 Å². The minimum atomic E-state index is -0.620. The number of nitrogens with one attached hydrogen (secondary N) is 1. The highest BCUT2D eigenvalue weighted by molar-refractivity contribution is 6.05. The average molecular weight is 739 g/mol. The van der Waals surface area contributed by atoms with E-state index in [4.69, 9.17) is 9.47 Å². The van der Waals surface area contributed by atoms with Gasteiger partial charge in [0, 0.05) is 72.9 Å². The van der Waals surface area contributed by atoms with Gasteiger partial charge >= 0.3 is 0 Å². The minimum Gasteiger partial charge on any atom is -0.508 e. The van der Waals surface area contributed by atoms with Crippen LogP contribution >= 0.6 is 0 Å². The Labute approximate surface area is 322 Å². The van der Waals surface area contributed by atoms with Crippen molar-refractivity contribution in [2.45, 2.75) is 50.1 Å². The van der Waals surface area contributed by atoms with Crippen LogP contribution in [-0.2, 0) is 16.1 Å². The molecule has 10 nitrogen and oxygen atoms in total. The van der Waals surface area contributed by atoms with Crippen molar-refractivity contribution in [3.05, 3.63) is 118 Å². The van der Waals surface area contributed by atoms with Gasteiger partial charge in [0.15, 0.2) is 0 Å². The van der Waals surface area contributed by atoms with Crippen LogP contribution in [-0.4, -0.2) is 85.6 Å². The number of methoxy groups -OCH3 is 1. The molecule has 2 fully saturated rings. The summed E-state index contributed by atoms with van der Waals surface area (Å²) in [7, 11) is 3.81. The van der Waals surface area contributed by atoms with Gasteiger partial charge in [-0.25, -0.2) is 0 Å². The maximum Gasteiger partial charge on any atom is 0.255 e. The van der Waals surface area contributed by atoms with Crippen LogP contribution in [0.4, 0.5) is 5.69 Å². The van der Waals surface area contributed by atoms with Crippen LogP contribution in [0.2, 0.25) is 0 Å². The molecule has 4 aromatic carbocycles. The molecule has 0 aromatic heterocycles. The average Bonchev–Trinajstić information content (AvgIpc) is 3.52. The van der Waals surface area contributed by atoms with Gasteiger partial charge in [-0.2, -0.15) is 0 Å². The van der Waals surface area contributed by atoms with E-state index in [0.717, 1.165) is 66.2 Å². The summed E-state index contributed by atoms with van der Waals surface area (Å²) in [5.74, 6) is 8.22. The van der Waals surface area contributed by atoms with E-state index in [-0.39, 0.29) is 35.8 Å². The molecule has 0 spiro atoms. The second kappa shape index (κ2) is 15.5. The van der Waals surface area contributed by atoms with E-state index in [1.165, 1.54) is 11.3 Å². The number of phenolic OH excluding ortho intramolecular Hbond substituents is 1. The Kier molecular flexibility index (Phi) is 10.2. The van der Waals surface area contributed by atoms with Gasteiger partial charge in [0.25, 0.3) is 5.91 Å². The second-order valence-corrected chi connectivity index (χ2v) is 15.2. The maximum atomic E-state index is 13.0. The first-order valence-corrected chi connectivity index (χ1v) is 19.1. The minimum absolute atomic E-state index is 0.0668. The lowest BCUT2D eigenvalue weighted by Gasteiger charge is -2.36. The van der Waals surface area contributed by atoms with Gasteiger partial charge in [-0.05, 0) is 97.4 Å². The van der Waals surface area contributed by atoms with Gasteiger partial charge in [0.05, 0.1) is 20.3 Å².